The predicted octanol–water partition coefficient (Wildman–Crippen LogP) is 4.13. The summed E-state index contributed by atoms with van der Waals surface area (Å²) in [6, 6.07) is 3.41. The molecule has 1 unspecified atom stereocenters. The van der Waals surface area contributed by atoms with Gasteiger partial charge in [-0.3, -0.25) is 4.79 Å². The summed E-state index contributed by atoms with van der Waals surface area (Å²) >= 11 is 9.56. The van der Waals surface area contributed by atoms with Gasteiger partial charge in [-0.2, -0.15) is 0 Å². The lowest BCUT2D eigenvalue weighted by molar-refractivity contribution is -0.122. The summed E-state index contributed by atoms with van der Waals surface area (Å²) in [7, 11) is 0. The van der Waals surface area contributed by atoms with Crippen molar-refractivity contribution in [1.29, 1.82) is 0 Å². The van der Waals surface area contributed by atoms with Crippen LogP contribution in [-0.4, -0.2) is 17.5 Å². The average Bonchev–Trinajstić information content (AvgIpc) is 2.23. The molecule has 0 spiro atoms. The molecule has 0 bridgehead atoms. The molecule has 19 heavy (non-hydrogen) atoms. The van der Waals surface area contributed by atoms with Gasteiger partial charge in [0.15, 0.2) is 0 Å². The maximum absolute atomic E-state index is 12.0. The molecule has 0 radical (unpaired) electrons. The molecule has 0 aromatic heterocycles. The highest BCUT2D eigenvalue weighted by Crippen LogP contribution is 2.29. The molecule has 1 aromatic carbocycles. The molecular weight excluding hydrogens is 328 g/mol. The number of benzene rings is 1. The fraction of sp³-hybridized carbons (Fsp3) is 0.500. The van der Waals surface area contributed by atoms with Gasteiger partial charge in [-0.1, -0.05) is 11.6 Å². The van der Waals surface area contributed by atoms with Gasteiger partial charge in [-0.25, -0.2) is 0 Å². The topological polar surface area (TPSA) is 41.1 Å². The van der Waals surface area contributed by atoms with Crippen molar-refractivity contribution in [1.82, 2.24) is 5.32 Å². The van der Waals surface area contributed by atoms with Crippen LogP contribution in [0, 0.1) is 6.92 Å². The SMILES string of the molecule is Cc1cc(Br)c(NC(C)C(=O)NC(C)(C)C)cc1Cl. The second-order valence-corrected chi connectivity index (χ2v) is 6.95. The highest BCUT2D eigenvalue weighted by atomic mass is 79.9. The van der Waals surface area contributed by atoms with E-state index < -0.39 is 0 Å². The minimum absolute atomic E-state index is 0.0453. The first-order chi connectivity index (χ1) is 8.60. The van der Waals surface area contributed by atoms with Gasteiger partial charge in [-0.05, 0) is 68.2 Å². The Labute approximate surface area is 128 Å². The standard InChI is InChI=1S/C14H20BrClN2O/c1-8-6-10(15)12(7-11(8)16)17-9(2)13(19)18-14(3,4)5/h6-7,9,17H,1-5H3,(H,18,19). The molecule has 0 heterocycles. The van der Waals surface area contributed by atoms with Crippen LogP contribution in [0.25, 0.3) is 0 Å². The van der Waals surface area contributed by atoms with Gasteiger partial charge in [0.2, 0.25) is 5.91 Å². The van der Waals surface area contributed by atoms with Crippen LogP contribution in [0.15, 0.2) is 16.6 Å². The number of carbonyl (C=O) groups excluding carboxylic acids is 1. The number of hydrogen-bond acceptors (Lipinski definition) is 2. The van der Waals surface area contributed by atoms with Crippen molar-refractivity contribution in [2.75, 3.05) is 5.32 Å². The fourth-order valence-electron chi connectivity index (χ4n) is 1.53. The molecule has 106 valence electrons. The van der Waals surface area contributed by atoms with Crippen LogP contribution in [0.2, 0.25) is 5.02 Å². The summed E-state index contributed by atoms with van der Waals surface area (Å²) in [5, 5.41) is 6.77. The number of carbonyl (C=O) groups is 1. The van der Waals surface area contributed by atoms with Gasteiger partial charge in [0, 0.05) is 15.0 Å². The molecule has 0 saturated carbocycles. The molecule has 0 aliphatic heterocycles. The van der Waals surface area contributed by atoms with Crippen LogP contribution in [0.4, 0.5) is 5.69 Å². The third-order valence-electron chi connectivity index (χ3n) is 2.51. The third-order valence-corrected chi connectivity index (χ3v) is 3.58. The van der Waals surface area contributed by atoms with E-state index in [4.69, 9.17) is 11.6 Å². The van der Waals surface area contributed by atoms with Crippen LogP contribution in [0.3, 0.4) is 0 Å². The number of halogens is 2. The summed E-state index contributed by atoms with van der Waals surface area (Å²) in [5.41, 5.74) is 1.56. The van der Waals surface area contributed by atoms with Gasteiger partial charge in [0.1, 0.15) is 6.04 Å². The van der Waals surface area contributed by atoms with E-state index in [0.29, 0.717) is 5.02 Å². The molecule has 1 aromatic rings. The number of amides is 1. The summed E-state index contributed by atoms with van der Waals surface area (Å²) < 4.78 is 0.893. The normalized spacial score (nSPS) is 13.0. The minimum atomic E-state index is -0.339. The van der Waals surface area contributed by atoms with E-state index in [2.05, 4.69) is 26.6 Å². The van der Waals surface area contributed by atoms with Gasteiger partial charge >= 0.3 is 0 Å². The van der Waals surface area contributed by atoms with E-state index in [-0.39, 0.29) is 17.5 Å². The summed E-state index contributed by atoms with van der Waals surface area (Å²) in [5.74, 6) is -0.0453. The van der Waals surface area contributed by atoms with Crippen molar-refractivity contribution in [2.45, 2.75) is 46.2 Å². The molecular formula is C14H20BrClN2O. The monoisotopic (exact) mass is 346 g/mol. The van der Waals surface area contributed by atoms with Crippen LogP contribution >= 0.6 is 27.5 Å². The van der Waals surface area contributed by atoms with E-state index in [1.165, 1.54) is 0 Å². The molecule has 0 aliphatic carbocycles. The van der Waals surface area contributed by atoms with Crippen molar-refractivity contribution in [2.24, 2.45) is 0 Å². The number of rotatable bonds is 3. The van der Waals surface area contributed by atoms with Crippen molar-refractivity contribution in [3.05, 3.63) is 27.2 Å². The Kier molecular flexibility index (Phi) is 5.27. The number of hydrogen-bond donors (Lipinski definition) is 2. The van der Waals surface area contributed by atoms with E-state index in [1.54, 1.807) is 0 Å². The van der Waals surface area contributed by atoms with Gasteiger partial charge in [-0.15, -0.1) is 0 Å². The highest BCUT2D eigenvalue weighted by Gasteiger charge is 2.19. The smallest absolute Gasteiger partial charge is 0.242 e. The lowest BCUT2D eigenvalue weighted by atomic mass is 10.1. The van der Waals surface area contributed by atoms with E-state index in [0.717, 1.165) is 15.7 Å². The summed E-state index contributed by atoms with van der Waals surface area (Å²) in [6.07, 6.45) is 0. The second-order valence-electron chi connectivity index (χ2n) is 5.69. The number of anilines is 1. The third kappa shape index (κ3) is 5.03. The Morgan fingerprint density at radius 1 is 1.37 bits per heavy atom. The number of nitrogens with one attached hydrogen (secondary N) is 2. The van der Waals surface area contributed by atoms with E-state index >= 15 is 0 Å². The lowest BCUT2D eigenvalue weighted by Crippen LogP contribution is -2.47. The van der Waals surface area contributed by atoms with Crippen molar-refractivity contribution in [3.63, 3.8) is 0 Å². The Bertz CT molecular complexity index is 483. The van der Waals surface area contributed by atoms with Crippen LogP contribution in [-0.2, 0) is 4.79 Å². The van der Waals surface area contributed by atoms with Gasteiger partial charge in [0.25, 0.3) is 0 Å². The second kappa shape index (κ2) is 6.14. The molecule has 0 fully saturated rings. The molecule has 1 amide bonds. The molecule has 5 heteroatoms. The maximum Gasteiger partial charge on any atom is 0.242 e. The molecule has 3 nitrogen and oxygen atoms in total. The lowest BCUT2D eigenvalue weighted by Gasteiger charge is -2.24. The molecule has 1 atom stereocenters. The first kappa shape index (κ1) is 16.3. The molecule has 1 rings (SSSR count). The van der Waals surface area contributed by atoms with Crippen molar-refractivity contribution < 1.29 is 4.79 Å². The van der Waals surface area contributed by atoms with Crippen molar-refractivity contribution >= 4 is 39.1 Å². The van der Waals surface area contributed by atoms with Gasteiger partial charge < -0.3 is 10.6 Å². The van der Waals surface area contributed by atoms with Crippen LogP contribution < -0.4 is 10.6 Å². The van der Waals surface area contributed by atoms with Crippen molar-refractivity contribution in [3.8, 4) is 0 Å². The maximum atomic E-state index is 12.0. The first-order valence-electron chi connectivity index (χ1n) is 6.14. The average molecular weight is 348 g/mol. The van der Waals surface area contributed by atoms with E-state index in [9.17, 15) is 4.79 Å². The Morgan fingerprint density at radius 3 is 2.47 bits per heavy atom. The zero-order valence-electron chi connectivity index (χ0n) is 11.9. The van der Waals surface area contributed by atoms with Crippen LogP contribution in [0.1, 0.15) is 33.3 Å². The minimum Gasteiger partial charge on any atom is -0.373 e. The quantitative estimate of drug-likeness (QED) is 0.863. The predicted molar refractivity (Wildman–Crippen MR) is 84.9 cm³/mol. The van der Waals surface area contributed by atoms with Crippen LogP contribution in [0.5, 0.6) is 0 Å². The first-order valence-corrected chi connectivity index (χ1v) is 7.31. The largest absolute Gasteiger partial charge is 0.373 e. The van der Waals surface area contributed by atoms with E-state index in [1.807, 2.05) is 46.8 Å². The molecule has 0 aliphatic rings. The zero-order chi connectivity index (χ0) is 14.8. The summed E-state index contributed by atoms with van der Waals surface area (Å²) in [4.78, 5) is 12.0. The Balaban J connectivity index is 2.80. The summed E-state index contributed by atoms with van der Waals surface area (Å²) in [6.45, 7) is 9.62. The Morgan fingerprint density at radius 2 is 1.95 bits per heavy atom. The highest BCUT2D eigenvalue weighted by molar-refractivity contribution is 9.10. The fourth-order valence-corrected chi connectivity index (χ4v) is 2.27. The zero-order valence-corrected chi connectivity index (χ0v) is 14.2. The molecule has 0 saturated heterocycles. The Hall–Kier alpha value is -0.740. The number of aryl methyl sites for hydroxylation is 1. The molecule has 2 N–H and O–H groups in total. The van der Waals surface area contributed by atoms with Gasteiger partial charge in [0.05, 0.1) is 5.69 Å².